The van der Waals surface area contributed by atoms with E-state index >= 15 is 0 Å². The largest absolute Gasteiger partial charge is 0.496 e. The smallest absolute Gasteiger partial charge is 0.255 e. The van der Waals surface area contributed by atoms with E-state index in [0.29, 0.717) is 23.5 Å². The summed E-state index contributed by atoms with van der Waals surface area (Å²) < 4.78 is 5.19. The molecule has 0 unspecified atom stereocenters. The molecule has 1 amide bonds. The molecule has 1 aliphatic rings. The summed E-state index contributed by atoms with van der Waals surface area (Å²) in [4.78, 5) is 14.5. The average molecular weight is 277 g/mol. The molecular weight excluding hydrogens is 254 g/mol. The number of hydrogen-bond acceptors (Lipinski definition) is 4. The van der Waals surface area contributed by atoms with Crippen LogP contribution in [0.1, 0.15) is 29.6 Å². The van der Waals surface area contributed by atoms with E-state index in [-0.39, 0.29) is 5.91 Å². The van der Waals surface area contributed by atoms with Crippen LogP contribution >= 0.6 is 0 Å². The minimum absolute atomic E-state index is 0.133. The molecule has 5 heteroatoms. The predicted octanol–water partition coefficient (Wildman–Crippen LogP) is 1.49. The number of carbonyl (C=O) groups is 1. The zero-order valence-electron chi connectivity index (χ0n) is 12.0. The molecule has 0 saturated carbocycles. The lowest BCUT2D eigenvalue weighted by atomic mass is 10.1. The highest BCUT2D eigenvalue weighted by Gasteiger charge is 2.14. The van der Waals surface area contributed by atoms with Crippen molar-refractivity contribution in [3.05, 3.63) is 23.8 Å². The number of ether oxygens (including phenoxy) is 1. The second-order valence-corrected chi connectivity index (χ2v) is 5.12. The van der Waals surface area contributed by atoms with E-state index < -0.39 is 0 Å². The molecule has 1 heterocycles. The number of nitrogen functional groups attached to an aromatic ring is 1. The van der Waals surface area contributed by atoms with Gasteiger partial charge in [0.2, 0.25) is 0 Å². The number of rotatable bonds is 5. The van der Waals surface area contributed by atoms with Crippen molar-refractivity contribution in [1.29, 1.82) is 0 Å². The topological polar surface area (TPSA) is 67.6 Å². The molecular formula is C15H23N3O2. The van der Waals surface area contributed by atoms with Crippen LogP contribution in [0.3, 0.4) is 0 Å². The lowest BCUT2D eigenvalue weighted by Crippen LogP contribution is -2.37. The number of anilines is 1. The molecule has 0 aliphatic carbocycles. The molecule has 1 saturated heterocycles. The first-order valence-corrected chi connectivity index (χ1v) is 7.15. The van der Waals surface area contributed by atoms with Crippen LogP contribution in [-0.2, 0) is 0 Å². The van der Waals surface area contributed by atoms with Gasteiger partial charge in [-0.1, -0.05) is 6.42 Å². The van der Waals surface area contributed by atoms with E-state index in [4.69, 9.17) is 10.5 Å². The van der Waals surface area contributed by atoms with Crippen LogP contribution in [0, 0.1) is 0 Å². The Morgan fingerprint density at radius 2 is 2.10 bits per heavy atom. The maximum atomic E-state index is 12.2. The van der Waals surface area contributed by atoms with Crippen LogP contribution in [0.2, 0.25) is 0 Å². The summed E-state index contributed by atoms with van der Waals surface area (Å²) in [5, 5.41) is 2.93. The summed E-state index contributed by atoms with van der Waals surface area (Å²) in [5.41, 5.74) is 6.78. The highest BCUT2D eigenvalue weighted by Crippen LogP contribution is 2.20. The van der Waals surface area contributed by atoms with Crippen LogP contribution in [0.15, 0.2) is 18.2 Å². The highest BCUT2D eigenvalue weighted by molar-refractivity contribution is 5.97. The standard InChI is InChI=1S/C15H23N3O2/c1-20-14-6-5-12(16)11-13(14)15(19)17-7-10-18-8-3-2-4-9-18/h5-6,11H,2-4,7-10,16H2,1H3,(H,17,19). The van der Waals surface area contributed by atoms with Crippen molar-refractivity contribution < 1.29 is 9.53 Å². The molecule has 0 radical (unpaired) electrons. The van der Waals surface area contributed by atoms with Gasteiger partial charge in [-0.25, -0.2) is 0 Å². The summed E-state index contributed by atoms with van der Waals surface area (Å²) in [7, 11) is 1.55. The fourth-order valence-corrected chi connectivity index (χ4v) is 2.51. The van der Waals surface area contributed by atoms with Crippen molar-refractivity contribution in [2.45, 2.75) is 19.3 Å². The summed E-state index contributed by atoms with van der Waals surface area (Å²) >= 11 is 0. The molecule has 0 aromatic heterocycles. The molecule has 0 atom stereocenters. The summed E-state index contributed by atoms with van der Waals surface area (Å²) in [6.45, 7) is 3.82. The van der Waals surface area contributed by atoms with Gasteiger partial charge in [-0.2, -0.15) is 0 Å². The molecule has 1 aliphatic heterocycles. The van der Waals surface area contributed by atoms with Gasteiger partial charge in [-0.05, 0) is 44.1 Å². The number of carbonyl (C=O) groups excluding carboxylic acids is 1. The van der Waals surface area contributed by atoms with Gasteiger partial charge in [-0.15, -0.1) is 0 Å². The van der Waals surface area contributed by atoms with E-state index in [1.165, 1.54) is 19.3 Å². The van der Waals surface area contributed by atoms with Crippen LogP contribution in [0.5, 0.6) is 5.75 Å². The lowest BCUT2D eigenvalue weighted by molar-refractivity contribution is 0.0943. The van der Waals surface area contributed by atoms with Crippen molar-refractivity contribution >= 4 is 11.6 Å². The van der Waals surface area contributed by atoms with Gasteiger partial charge in [0.15, 0.2) is 0 Å². The van der Waals surface area contributed by atoms with Crippen molar-refractivity contribution in [3.63, 3.8) is 0 Å². The monoisotopic (exact) mass is 277 g/mol. The minimum Gasteiger partial charge on any atom is -0.496 e. The van der Waals surface area contributed by atoms with Gasteiger partial charge in [-0.3, -0.25) is 4.79 Å². The number of methoxy groups -OCH3 is 1. The van der Waals surface area contributed by atoms with E-state index in [0.717, 1.165) is 19.6 Å². The highest BCUT2D eigenvalue weighted by atomic mass is 16.5. The van der Waals surface area contributed by atoms with Gasteiger partial charge >= 0.3 is 0 Å². The normalized spacial score (nSPS) is 15.8. The Hall–Kier alpha value is -1.75. The number of nitrogens with zero attached hydrogens (tertiary/aromatic N) is 1. The van der Waals surface area contributed by atoms with Crippen LogP contribution in [0.4, 0.5) is 5.69 Å². The number of piperidine rings is 1. The Morgan fingerprint density at radius 1 is 1.35 bits per heavy atom. The molecule has 1 fully saturated rings. The number of hydrogen-bond donors (Lipinski definition) is 2. The first-order valence-electron chi connectivity index (χ1n) is 7.15. The SMILES string of the molecule is COc1ccc(N)cc1C(=O)NCCN1CCCCC1. The zero-order chi connectivity index (χ0) is 14.4. The fraction of sp³-hybridized carbons (Fsp3) is 0.533. The van der Waals surface area contributed by atoms with Crippen LogP contribution in [0.25, 0.3) is 0 Å². The first kappa shape index (κ1) is 14.7. The number of likely N-dealkylation sites (tertiary alicyclic amines) is 1. The van der Waals surface area contributed by atoms with E-state index in [1.54, 1.807) is 25.3 Å². The second kappa shape index (κ2) is 7.14. The second-order valence-electron chi connectivity index (χ2n) is 5.12. The number of benzene rings is 1. The van der Waals surface area contributed by atoms with E-state index in [9.17, 15) is 4.79 Å². The Kier molecular flexibility index (Phi) is 5.24. The first-order chi connectivity index (χ1) is 9.70. The number of nitrogens with two attached hydrogens (primary N) is 1. The van der Waals surface area contributed by atoms with E-state index in [1.807, 2.05) is 0 Å². The van der Waals surface area contributed by atoms with Gasteiger partial charge in [0.25, 0.3) is 5.91 Å². The van der Waals surface area contributed by atoms with Crippen LogP contribution < -0.4 is 15.8 Å². The molecule has 0 spiro atoms. The minimum atomic E-state index is -0.133. The number of nitrogens with one attached hydrogen (secondary N) is 1. The fourth-order valence-electron chi connectivity index (χ4n) is 2.51. The molecule has 1 aromatic rings. The predicted molar refractivity (Wildman–Crippen MR) is 80.0 cm³/mol. The Bertz CT molecular complexity index is 456. The lowest BCUT2D eigenvalue weighted by Gasteiger charge is -2.26. The molecule has 2 rings (SSSR count). The molecule has 3 N–H and O–H groups in total. The summed E-state index contributed by atoms with van der Waals surface area (Å²) in [6, 6.07) is 5.09. The summed E-state index contributed by atoms with van der Waals surface area (Å²) in [5.74, 6) is 0.417. The molecule has 0 bridgehead atoms. The third-order valence-electron chi connectivity index (χ3n) is 3.63. The maximum absolute atomic E-state index is 12.2. The van der Waals surface area contributed by atoms with E-state index in [2.05, 4.69) is 10.2 Å². The van der Waals surface area contributed by atoms with Crippen molar-refractivity contribution in [2.24, 2.45) is 0 Å². The van der Waals surface area contributed by atoms with Crippen molar-refractivity contribution in [1.82, 2.24) is 10.2 Å². The molecule has 110 valence electrons. The summed E-state index contributed by atoms with van der Waals surface area (Å²) in [6.07, 6.45) is 3.84. The average Bonchev–Trinajstić information content (AvgIpc) is 2.48. The third-order valence-corrected chi connectivity index (χ3v) is 3.63. The quantitative estimate of drug-likeness (QED) is 0.800. The maximum Gasteiger partial charge on any atom is 0.255 e. The third kappa shape index (κ3) is 3.87. The molecule has 1 aromatic carbocycles. The van der Waals surface area contributed by atoms with Gasteiger partial charge in [0.05, 0.1) is 12.7 Å². The Labute approximate surface area is 120 Å². The zero-order valence-corrected chi connectivity index (χ0v) is 12.0. The van der Waals surface area contributed by atoms with Gasteiger partial charge in [0, 0.05) is 18.8 Å². The Balaban J connectivity index is 1.86. The Morgan fingerprint density at radius 3 is 2.80 bits per heavy atom. The van der Waals surface area contributed by atoms with Gasteiger partial charge < -0.3 is 20.7 Å². The van der Waals surface area contributed by atoms with Crippen molar-refractivity contribution in [3.8, 4) is 5.75 Å². The van der Waals surface area contributed by atoms with Gasteiger partial charge in [0.1, 0.15) is 5.75 Å². The molecule has 5 nitrogen and oxygen atoms in total. The number of amides is 1. The van der Waals surface area contributed by atoms with Crippen molar-refractivity contribution in [2.75, 3.05) is 39.0 Å². The molecule has 20 heavy (non-hydrogen) atoms. The van der Waals surface area contributed by atoms with Crippen LogP contribution in [-0.4, -0.2) is 44.1 Å².